The zero-order valence-electron chi connectivity index (χ0n) is 8.79. The topological polar surface area (TPSA) is 9.23 Å². The fraction of sp³-hybridized carbons (Fsp3) is 0.0769. The molecule has 0 saturated heterocycles. The minimum absolute atomic E-state index is 0.283. The molecule has 1 nitrogen and oxygen atoms in total. The lowest BCUT2D eigenvalue weighted by Crippen LogP contribution is -1.91. The molecule has 2 aromatic rings. The first-order valence-corrected chi connectivity index (χ1v) is 5.88. The van der Waals surface area contributed by atoms with E-state index in [1.807, 2.05) is 6.07 Å². The zero-order valence-corrected chi connectivity index (χ0v) is 10.3. The van der Waals surface area contributed by atoms with E-state index in [9.17, 15) is 4.39 Å². The van der Waals surface area contributed by atoms with Crippen LogP contribution in [-0.4, -0.2) is 0 Å². The van der Waals surface area contributed by atoms with Gasteiger partial charge in [-0.1, -0.05) is 29.8 Å². The summed E-state index contributed by atoms with van der Waals surface area (Å²) >= 11 is 11.8. The van der Waals surface area contributed by atoms with Crippen LogP contribution in [0, 0.1) is 5.82 Å². The van der Waals surface area contributed by atoms with Gasteiger partial charge in [-0.3, -0.25) is 0 Å². The first-order valence-electron chi connectivity index (χ1n) is 4.97. The largest absolute Gasteiger partial charge is 0.455 e. The first-order chi connectivity index (χ1) is 8.20. The molecule has 4 heteroatoms. The number of rotatable bonds is 3. The quantitative estimate of drug-likeness (QED) is 0.713. The molecule has 0 spiro atoms. The van der Waals surface area contributed by atoms with Crippen LogP contribution in [0.25, 0.3) is 0 Å². The molecule has 0 N–H and O–H groups in total. The molecule has 17 heavy (non-hydrogen) atoms. The first kappa shape index (κ1) is 12.2. The van der Waals surface area contributed by atoms with E-state index in [0.717, 1.165) is 5.56 Å². The maximum absolute atomic E-state index is 13.0. The average molecular weight is 271 g/mol. The van der Waals surface area contributed by atoms with Gasteiger partial charge in [0.1, 0.15) is 17.3 Å². The summed E-state index contributed by atoms with van der Waals surface area (Å²) in [6.45, 7) is 0. The summed E-state index contributed by atoms with van der Waals surface area (Å²) in [5, 5.41) is 0.451. The van der Waals surface area contributed by atoms with Crippen LogP contribution in [0.15, 0.2) is 42.5 Å². The van der Waals surface area contributed by atoms with Crippen molar-refractivity contribution in [3.8, 4) is 11.5 Å². The Balaban J connectivity index is 2.35. The molecule has 0 radical (unpaired) electrons. The molecule has 0 aliphatic heterocycles. The van der Waals surface area contributed by atoms with Gasteiger partial charge in [-0.2, -0.15) is 0 Å². The van der Waals surface area contributed by atoms with Crippen LogP contribution < -0.4 is 4.74 Å². The minimum Gasteiger partial charge on any atom is -0.455 e. The van der Waals surface area contributed by atoms with Gasteiger partial charge in [-0.05, 0) is 18.2 Å². The highest BCUT2D eigenvalue weighted by molar-refractivity contribution is 6.32. The van der Waals surface area contributed by atoms with E-state index in [-0.39, 0.29) is 11.7 Å². The van der Waals surface area contributed by atoms with Gasteiger partial charge in [0.05, 0.1) is 10.9 Å². The number of hydrogen-bond acceptors (Lipinski definition) is 1. The maximum atomic E-state index is 13.0. The summed E-state index contributed by atoms with van der Waals surface area (Å²) in [5.74, 6) is 0.784. The van der Waals surface area contributed by atoms with Gasteiger partial charge in [0.25, 0.3) is 0 Å². The third-order valence-electron chi connectivity index (χ3n) is 2.21. The molecular formula is C13H9Cl2FO. The molecular weight excluding hydrogens is 262 g/mol. The monoisotopic (exact) mass is 270 g/mol. The Morgan fingerprint density at radius 3 is 2.59 bits per heavy atom. The van der Waals surface area contributed by atoms with Gasteiger partial charge in [-0.15, -0.1) is 11.6 Å². The molecule has 2 rings (SSSR count). The molecule has 0 aliphatic rings. The van der Waals surface area contributed by atoms with Crippen LogP contribution in [0.5, 0.6) is 11.5 Å². The van der Waals surface area contributed by atoms with Gasteiger partial charge >= 0.3 is 0 Å². The Bertz CT molecular complexity index is 529. The number of benzene rings is 2. The van der Waals surface area contributed by atoms with E-state index in [1.54, 1.807) is 24.3 Å². The number of hydrogen-bond donors (Lipinski definition) is 0. The van der Waals surface area contributed by atoms with E-state index in [0.29, 0.717) is 16.5 Å². The summed E-state index contributed by atoms with van der Waals surface area (Å²) < 4.78 is 18.6. The van der Waals surface area contributed by atoms with Crippen LogP contribution in [0.1, 0.15) is 5.56 Å². The number of halogens is 3. The van der Waals surface area contributed by atoms with Crippen molar-refractivity contribution < 1.29 is 9.13 Å². The van der Waals surface area contributed by atoms with E-state index in [2.05, 4.69) is 0 Å². The molecule has 0 fully saturated rings. The highest BCUT2D eigenvalue weighted by Gasteiger charge is 2.09. The van der Waals surface area contributed by atoms with Crippen molar-refractivity contribution in [2.24, 2.45) is 0 Å². The van der Waals surface area contributed by atoms with Gasteiger partial charge in [0, 0.05) is 11.6 Å². The standard InChI is InChI=1S/C13H9Cl2FO/c14-8-9-3-1-6-12(15)13(9)17-11-5-2-4-10(16)7-11/h1-7H,8H2. The van der Waals surface area contributed by atoms with Crippen molar-refractivity contribution in [1.82, 2.24) is 0 Å². The lowest BCUT2D eigenvalue weighted by atomic mass is 10.2. The zero-order chi connectivity index (χ0) is 12.3. The number of para-hydroxylation sites is 1. The Morgan fingerprint density at radius 1 is 1.12 bits per heavy atom. The summed E-state index contributed by atoms with van der Waals surface area (Å²) in [4.78, 5) is 0. The van der Waals surface area contributed by atoms with Crippen molar-refractivity contribution in [3.63, 3.8) is 0 Å². The summed E-state index contributed by atoms with van der Waals surface area (Å²) in [6, 6.07) is 11.2. The SMILES string of the molecule is Fc1cccc(Oc2c(Cl)cccc2CCl)c1. The minimum atomic E-state index is -0.359. The molecule has 0 bridgehead atoms. The normalized spacial score (nSPS) is 10.3. The summed E-state index contributed by atoms with van der Waals surface area (Å²) in [6.07, 6.45) is 0. The fourth-order valence-corrected chi connectivity index (χ4v) is 1.86. The molecule has 0 aromatic heterocycles. The van der Waals surface area contributed by atoms with Crippen molar-refractivity contribution >= 4 is 23.2 Å². The van der Waals surface area contributed by atoms with Crippen molar-refractivity contribution in [2.45, 2.75) is 5.88 Å². The lowest BCUT2D eigenvalue weighted by molar-refractivity contribution is 0.473. The molecule has 2 aromatic carbocycles. The molecule has 0 heterocycles. The van der Waals surface area contributed by atoms with Gasteiger partial charge in [0.2, 0.25) is 0 Å². The van der Waals surface area contributed by atoms with E-state index in [1.165, 1.54) is 12.1 Å². The lowest BCUT2D eigenvalue weighted by Gasteiger charge is -2.11. The molecule has 0 aliphatic carbocycles. The Morgan fingerprint density at radius 2 is 1.88 bits per heavy atom. The van der Waals surface area contributed by atoms with Crippen LogP contribution in [0.2, 0.25) is 5.02 Å². The van der Waals surface area contributed by atoms with E-state index < -0.39 is 0 Å². The van der Waals surface area contributed by atoms with Crippen molar-refractivity contribution in [2.75, 3.05) is 0 Å². The molecule has 88 valence electrons. The maximum Gasteiger partial charge on any atom is 0.150 e. The molecule has 0 atom stereocenters. The highest BCUT2D eigenvalue weighted by Crippen LogP contribution is 2.33. The third-order valence-corrected chi connectivity index (χ3v) is 2.79. The molecule has 0 amide bonds. The fourth-order valence-electron chi connectivity index (χ4n) is 1.42. The Hall–Kier alpha value is -1.25. The molecule has 0 saturated carbocycles. The Kier molecular flexibility index (Phi) is 3.87. The molecule has 0 unspecified atom stereocenters. The summed E-state index contributed by atoms with van der Waals surface area (Å²) in [5.41, 5.74) is 0.767. The Labute approximate surface area is 109 Å². The van der Waals surface area contributed by atoms with Crippen LogP contribution >= 0.6 is 23.2 Å². The predicted octanol–water partition coefficient (Wildman–Crippen LogP) is 5.01. The van der Waals surface area contributed by atoms with Crippen molar-refractivity contribution in [1.29, 1.82) is 0 Å². The van der Waals surface area contributed by atoms with Crippen LogP contribution in [0.3, 0.4) is 0 Å². The number of alkyl halides is 1. The summed E-state index contributed by atoms with van der Waals surface area (Å²) in [7, 11) is 0. The van der Waals surface area contributed by atoms with Crippen molar-refractivity contribution in [3.05, 3.63) is 58.9 Å². The van der Waals surface area contributed by atoms with Gasteiger partial charge in [-0.25, -0.2) is 4.39 Å². The van der Waals surface area contributed by atoms with Gasteiger partial charge < -0.3 is 4.74 Å². The van der Waals surface area contributed by atoms with E-state index >= 15 is 0 Å². The average Bonchev–Trinajstić information content (AvgIpc) is 2.32. The van der Waals surface area contributed by atoms with Gasteiger partial charge in [0.15, 0.2) is 0 Å². The smallest absolute Gasteiger partial charge is 0.150 e. The second-order valence-electron chi connectivity index (χ2n) is 3.42. The third kappa shape index (κ3) is 2.90. The predicted molar refractivity (Wildman–Crippen MR) is 67.5 cm³/mol. The number of ether oxygens (including phenoxy) is 1. The van der Waals surface area contributed by atoms with E-state index in [4.69, 9.17) is 27.9 Å². The highest BCUT2D eigenvalue weighted by atomic mass is 35.5. The second-order valence-corrected chi connectivity index (χ2v) is 4.10. The van der Waals surface area contributed by atoms with Crippen LogP contribution in [0.4, 0.5) is 4.39 Å². The van der Waals surface area contributed by atoms with Crippen LogP contribution in [-0.2, 0) is 5.88 Å². The second kappa shape index (κ2) is 5.39.